The molecular weight excluding hydrogens is 351 g/mol. The molecule has 0 spiro atoms. The number of halogens is 1. The molecule has 6 heteroatoms. The maximum atomic E-state index is 13.1. The number of ether oxygens (including phenoxy) is 1. The number of carbonyl (C=O) groups is 1. The van der Waals surface area contributed by atoms with Gasteiger partial charge in [0, 0.05) is 24.7 Å². The molecule has 2 heterocycles. The van der Waals surface area contributed by atoms with Crippen LogP contribution in [0.5, 0.6) is 5.75 Å². The number of thiazole rings is 1. The maximum Gasteiger partial charge on any atom is 0.270 e. The van der Waals surface area contributed by atoms with E-state index in [0.29, 0.717) is 22.2 Å². The van der Waals surface area contributed by atoms with Gasteiger partial charge in [-0.15, -0.1) is 11.3 Å². The number of aromatic nitrogens is 1. The second kappa shape index (κ2) is 6.53. The molecule has 0 aliphatic carbocycles. The summed E-state index contributed by atoms with van der Waals surface area (Å²) in [7, 11) is 1.76. The number of anilines is 1. The lowest BCUT2D eigenvalue weighted by Gasteiger charge is -2.17. The van der Waals surface area contributed by atoms with Gasteiger partial charge in [-0.1, -0.05) is 0 Å². The first-order valence-electron chi connectivity index (χ1n) is 8.30. The molecule has 0 atom stereocenters. The molecule has 2 aromatic carbocycles. The fraction of sp³-hybridized carbons (Fsp3) is 0.200. The average Bonchev–Trinajstić information content (AvgIpc) is 3.27. The Balaban J connectivity index is 1.62. The molecule has 0 N–H and O–H groups in total. The van der Waals surface area contributed by atoms with Crippen molar-refractivity contribution in [2.45, 2.75) is 13.3 Å². The van der Waals surface area contributed by atoms with Crippen molar-refractivity contribution in [1.82, 2.24) is 4.98 Å². The molecule has 0 saturated heterocycles. The second-order valence-electron chi connectivity index (χ2n) is 6.20. The first-order valence-corrected chi connectivity index (χ1v) is 9.12. The number of benzene rings is 2. The fourth-order valence-electron chi connectivity index (χ4n) is 2.96. The van der Waals surface area contributed by atoms with Crippen LogP contribution in [0, 0.1) is 12.7 Å². The number of nitrogens with zero attached hydrogens (tertiary/aromatic N) is 2. The Morgan fingerprint density at radius 2 is 2.00 bits per heavy atom. The van der Waals surface area contributed by atoms with E-state index < -0.39 is 0 Å². The van der Waals surface area contributed by atoms with Crippen molar-refractivity contribution < 1.29 is 13.9 Å². The van der Waals surface area contributed by atoms with E-state index in [2.05, 4.69) is 4.98 Å². The molecule has 3 aromatic rings. The van der Waals surface area contributed by atoms with Crippen LogP contribution in [0.1, 0.15) is 20.9 Å². The van der Waals surface area contributed by atoms with Gasteiger partial charge in [-0.3, -0.25) is 4.79 Å². The van der Waals surface area contributed by atoms with Gasteiger partial charge in [0.15, 0.2) is 0 Å². The predicted octanol–water partition coefficient (Wildman–Crippen LogP) is 4.47. The Morgan fingerprint density at radius 3 is 2.77 bits per heavy atom. The Morgan fingerprint density at radius 1 is 1.23 bits per heavy atom. The summed E-state index contributed by atoms with van der Waals surface area (Å²) in [6.45, 7) is 2.51. The van der Waals surface area contributed by atoms with Crippen LogP contribution < -0.4 is 9.64 Å². The number of aryl methyl sites for hydroxylation is 1. The number of hydrogen-bond donors (Lipinski definition) is 0. The van der Waals surface area contributed by atoms with Gasteiger partial charge in [0.05, 0.1) is 12.3 Å². The Kier molecular flexibility index (Phi) is 4.20. The molecule has 0 fully saturated rings. The molecule has 4 nitrogen and oxygen atoms in total. The summed E-state index contributed by atoms with van der Waals surface area (Å²) in [5.74, 6) is 0.494. The minimum atomic E-state index is -0.293. The van der Waals surface area contributed by atoms with Crippen molar-refractivity contribution in [3.8, 4) is 16.3 Å². The third kappa shape index (κ3) is 2.97. The number of rotatable bonds is 3. The summed E-state index contributed by atoms with van der Waals surface area (Å²) in [5.41, 5.74) is 3.43. The van der Waals surface area contributed by atoms with Crippen molar-refractivity contribution in [3.63, 3.8) is 0 Å². The Labute approximate surface area is 154 Å². The van der Waals surface area contributed by atoms with Crippen LogP contribution in [0.3, 0.4) is 0 Å². The SMILES string of the molecule is Cc1nc(-c2ccc(F)cc2)sc1C(=O)N(C)c1ccc2c(c1)CCO2. The first kappa shape index (κ1) is 16.7. The van der Waals surface area contributed by atoms with Gasteiger partial charge < -0.3 is 9.64 Å². The van der Waals surface area contributed by atoms with E-state index >= 15 is 0 Å². The standard InChI is InChI=1S/C20H17FN2O2S/c1-12-18(26-19(22-12)13-3-5-15(21)6-4-13)20(24)23(2)16-7-8-17-14(11-16)9-10-25-17/h3-8,11H,9-10H2,1-2H3. The normalized spacial score (nSPS) is 12.6. The lowest BCUT2D eigenvalue weighted by molar-refractivity contribution is 0.0996. The van der Waals surface area contributed by atoms with Gasteiger partial charge in [0.1, 0.15) is 21.5 Å². The van der Waals surface area contributed by atoms with E-state index in [1.54, 1.807) is 24.1 Å². The minimum absolute atomic E-state index is 0.104. The number of amides is 1. The van der Waals surface area contributed by atoms with Crippen LogP contribution in [0.4, 0.5) is 10.1 Å². The van der Waals surface area contributed by atoms with Crippen LogP contribution in [-0.2, 0) is 6.42 Å². The van der Waals surface area contributed by atoms with E-state index in [0.717, 1.165) is 29.0 Å². The zero-order valence-electron chi connectivity index (χ0n) is 14.5. The molecule has 1 amide bonds. The van der Waals surface area contributed by atoms with Crippen molar-refractivity contribution >= 4 is 22.9 Å². The van der Waals surface area contributed by atoms with Crippen LogP contribution in [0.25, 0.3) is 10.6 Å². The van der Waals surface area contributed by atoms with E-state index in [1.165, 1.54) is 23.5 Å². The van der Waals surface area contributed by atoms with Gasteiger partial charge in [-0.25, -0.2) is 9.37 Å². The maximum absolute atomic E-state index is 13.1. The van der Waals surface area contributed by atoms with Crippen LogP contribution >= 0.6 is 11.3 Å². The van der Waals surface area contributed by atoms with Gasteiger partial charge in [0.2, 0.25) is 0 Å². The zero-order chi connectivity index (χ0) is 18.3. The average molecular weight is 368 g/mol. The first-order chi connectivity index (χ1) is 12.5. The summed E-state index contributed by atoms with van der Waals surface area (Å²) in [6, 6.07) is 11.9. The molecule has 0 unspecified atom stereocenters. The van der Waals surface area contributed by atoms with E-state index in [4.69, 9.17) is 4.74 Å². The highest BCUT2D eigenvalue weighted by molar-refractivity contribution is 7.17. The highest BCUT2D eigenvalue weighted by Gasteiger charge is 2.22. The third-order valence-corrected chi connectivity index (χ3v) is 5.64. The number of fused-ring (bicyclic) bond motifs is 1. The molecule has 0 radical (unpaired) electrons. The monoisotopic (exact) mass is 368 g/mol. The quantitative estimate of drug-likeness (QED) is 0.685. The zero-order valence-corrected chi connectivity index (χ0v) is 15.3. The van der Waals surface area contributed by atoms with Crippen molar-refractivity contribution in [2.24, 2.45) is 0 Å². The number of carbonyl (C=O) groups excluding carboxylic acids is 1. The van der Waals surface area contributed by atoms with Crippen LogP contribution in [0.15, 0.2) is 42.5 Å². The second-order valence-corrected chi connectivity index (χ2v) is 7.19. The molecule has 1 aliphatic rings. The van der Waals surface area contributed by atoms with Gasteiger partial charge in [0.25, 0.3) is 5.91 Å². The molecule has 0 saturated carbocycles. The molecular formula is C20H17FN2O2S. The van der Waals surface area contributed by atoms with Crippen molar-refractivity contribution in [1.29, 1.82) is 0 Å². The van der Waals surface area contributed by atoms with Gasteiger partial charge in [-0.05, 0) is 55.0 Å². The van der Waals surface area contributed by atoms with Crippen molar-refractivity contribution in [2.75, 3.05) is 18.6 Å². The summed E-state index contributed by atoms with van der Waals surface area (Å²) in [6.07, 6.45) is 0.861. The minimum Gasteiger partial charge on any atom is -0.493 e. The predicted molar refractivity (Wildman–Crippen MR) is 101 cm³/mol. The van der Waals surface area contributed by atoms with Crippen molar-refractivity contribution in [3.05, 3.63) is 64.4 Å². The van der Waals surface area contributed by atoms with Gasteiger partial charge >= 0.3 is 0 Å². The smallest absolute Gasteiger partial charge is 0.270 e. The summed E-state index contributed by atoms with van der Waals surface area (Å²) >= 11 is 1.33. The van der Waals surface area contributed by atoms with E-state index in [9.17, 15) is 9.18 Å². The van der Waals surface area contributed by atoms with Crippen LogP contribution in [0.2, 0.25) is 0 Å². The fourth-order valence-corrected chi connectivity index (χ4v) is 4.01. The molecule has 4 rings (SSSR count). The summed E-state index contributed by atoms with van der Waals surface area (Å²) in [5, 5.41) is 0.710. The lowest BCUT2D eigenvalue weighted by atomic mass is 10.1. The topological polar surface area (TPSA) is 42.4 Å². The number of hydrogen-bond acceptors (Lipinski definition) is 4. The molecule has 26 heavy (non-hydrogen) atoms. The highest BCUT2D eigenvalue weighted by atomic mass is 32.1. The molecule has 1 aliphatic heterocycles. The molecule has 1 aromatic heterocycles. The highest BCUT2D eigenvalue weighted by Crippen LogP contribution is 2.32. The molecule has 132 valence electrons. The lowest BCUT2D eigenvalue weighted by Crippen LogP contribution is -2.26. The largest absolute Gasteiger partial charge is 0.493 e. The summed E-state index contributed by atoms with van der Waals surface area (Å²) < 4.78 is 18.6. The van der Waals surface area contributed by atoms with Crippen LogP contribution in [-0.4, -0.2) is 24.5 Å². The summed E-state index contributed by atoms with van der Waals surface area (Å²) in [4.78, 5) is 19.7. The van der Waals surface area contributed by atoms with E-state index in [1.807, 2.05) is 25.1 Å². The Hall–Kier alpha value is -2.73. The molecule has 0 bridgehead atoms. The third-order valence-electron chi connectivity index (χ3n) is 4.45. The Bertz CT molecular complexity index is 982. The van der Waals surface area contributed by atoms with Gasteiger partial charge in [-0.2, -0.15) is 0 Å². The van der Waals surface area contributed by atoms with E-state index in [-0.39, 0.29) is 11.7 Å².